The maximum atomic E-state index is 6.16. The van der Waals surface area contributed by atoms with E-state index in [9.17, 15) is 0 Å². The molecule has 0 bridgehead atoms. The SMILES string of the molecule is CCNC(=NCc1cc(Cl)c(Cl)n1C)NCC1(N2CCCC2)CCOCC1.I. The number of guanidine groups is 1. The van der Waals surface area contributed by atoms with Crippen molar-refractivity contribution in [3.63, 3.8) is 0 Å². The third-order valence-corrected chi connectivity index (χ3v) is 6.59. The molecule has 1 aromatic rings. The van der Waals surface area contributed by atoms with Gasteiger partial charge in [-0.1, -0.05) is 23.2 Å². The number of nitrogens with zero attached hydrogens (tertiary/aromatic N) is 3. The lowest BCUT2D eigenvalue weighted by Gasteiger charge is -2.45. The smallest absolute Gasteiger partial charge is 0.191 e. The normalized spacial score (nSPS) is 20.1. The van der Waals surface area contributed by atoms with Crippen LogP contribution in [0.25, 0.3) is 0 Å². The largest absolute Gasteiger partial charge is 0.381 e. The number of hydrogen-bond donors (Lipinski definition) is 2. The third kappa shape index (κ3) is 5.68. The third-order valence-electron chi connectivity index (χ3n) is 5.74. The Labute approximate surface area is 195 Å². The van der Waals surface area contributed by atoms with E-state index >= 15 is 0 Å². The zero-order chi connectivity index (χ0) is 19.3. The molecule has 9 heteroatoms. The Balaban J connectivity index is 0.00000280. The maximum absolute atomic E-state index is 6.16. The van der Waals surface area contributed by atoms with Crippen LogP contribution in [0.5, 0.6) is 0 Å². The summed E-state index contributed by atoms with van der Waals surface area (Å²) < 4.78 is 7.52. The highest BCUT2D eigenvalue weighted by Gasteiger charge is 2.39. The Morgan fingerprint density at radius 3 is 2.46 bits per heavy atom. The molecule has 2 aliphatic heterocycles. The lowest BCUT2D eigenvalue weighted by Crippen LogP contribution is -2.58. The Morgan fingerprint density at radius 2 is 1.89 bits per heavy atom. The highest BCUT2D eigenvalue weighted by atomic mass is 127. The molecule has 3 heterocycles. The van der Waals surface area contributed by atoms with Crippen LogP contribution >= 0.6 is 47.2 Å². The van der Waals surface area contributed by atoms with Crippen LogP contribution in [0, 0.1) is 0 Å². The van der Waals surface area contributed by atoms with Crippen LogP contribution in [-0.2, 0) is 18.3 Å². The van der Waals surface area contributed by atoms with Crippen molar-refractivity contribution in [3.05, 3.63) is 21.9 Å². The summed E-state index contributed by atoms with van der Waals surface area (Å²) in [4.78, 5) is 7.40. The van der Waals surface area contributed by atoms with E-state index < -0.39 is 0 Å². The van der Waals surface area contributed by atoms with E-state index in [2.05, 4.69) is 22.5 Å². The van der Waals surface area contributed by atoms with Gasteiger partial charge < -0.3 is 19.9 Å². The second-order valence-electron chi connectivity index (χ2n) is 7.41. The molecule has 2 saturated heterocycles. The number of aliphatic imine (C=N–C) groups is 1. The van der Waals surface area contributed by atoms with E-state index in [1.165, 1.54) is 25.9 Å². The molecule has 2 aliphatic rings. The molecule has 0 amide bonds. The Bertz CT molecular complexity index is 655. The van der Waals surface area contributed by atoms with Crippen LogP contribution < -0.4 is 10.6 Å². The number of halogens is 3. The van der Waals surface area contributed by atoms with Gasteiger partial charge in [0, 0.05) is 44.6 Å². The molecule has 0 saturated carbocycles. The zero-order valence-electron chi connectivity index (χ0n) is 16.8. The average Bonchev–Trinajstić information content (AvgIpc) is 3.31. The molecule has 1 aromatic heterocycles. The summed E-state index contributed by atoms with van der Waals surface area (Å²) in [6.45, 7) is 8.37. The number of ether oxygens (including phenoxy) is 1. The van der Waals surface area contributed by atoms with Crippen LogP contribution in [-0.4, -0.2) is 60.4 Å². The quantitative estimate of drug-likeness (QED) is 0.327. The first-order chi connectivity index (χ1) is 13.1. The predicted molar refractivity (Wildman–Crippen MR) is 127 cm³/mol. The van der Waals surface area contributed by atoms with E-state index in [-0.39, 0.29) is 29.5 Å². The Morgan fingerprint density at radius 1 is 1.21 bits per heavy atom. The van der Waals surface area contributed by atoms with Crippen LogP contribution in [0.15, 0.2) is 11.1 Å². The van der Waals surface area contributed by atoms with Crippen molar-refractivity contribution in [2.45, 2.75) is 44.7 Å². The first-order valence-corrected chi connectivity index (χ1v) is 10.7. The van der Waals surface area contributed by atoms with Gasteiger partial charge in [-0.15, -0.1) is 24.0 Å². The predicted octanol–water partition coefficient (Wildman–Crippen LogP) is 3.65. The minimum atomic E-state index is 0. The minimum Gasteiger partial charge on any atom is -0.381 e. The lowest BCUT2D eigenvalue weighted by atomic mass is 9.88. The summed E-state index contributed by atoms with van der Waals surface area (Å²) in [5.41, 5.74) is 1.16. The van der Waals surface area contributed by atoms with Crippen LogP contribution in [0.3, 0.4) is 0 Å². The van der Waals surface area contributed by atoms with Gasteiger partial charge in [0.05, 0.1) is 11.6 Å². The Hall–Kier alpha value is -0.220. The second-order valence-corrected chi connectivity index (χ2v) is 8.18. The molecule has 160 valence electrons. The van der Waals surface area contributed by atoms with Gasteiger partial charge in [0.15, 0.2) is 5.96 Å². The molecule has 2 fully saturated rings. The zero-order valence-corrected chi connectivity index (χ0v) is 20.6. The van der Waals surface area contributed by atoms with Crippen molar-refractivity contribution >= 4 is 53.1 Å². The summed E-state index contributed by atoms with van der Waals surface area (Å²) in [6, 6.07) is 1.88. The molecule has 0 atom stereocenters. The summed E-state index contributed by atoms with van der Waals surface area (Å²) in [5, 5.41) is 8.06. The van der Waals surface area contributed by atoms with Crippen molar-refractivity contribution in [1.29, 1.82) is 0 Å². The van der Waals surface area contributed by atoms with Crippen molar-refractivity contribution < 1.29 is 4.74 Å². The molecule has 3 rings (SSSR count). The standard InChI is InChI=1S/C19H31Cl2N5O.HI/c1-3-22-18(23-13-15-12-16(20)17(21)25(15)2)24-14-19(6-10-27-11-7-19)26-8-4-5-9-26;/h12H,3-11,13-14H2,1-2H3,(H2,22,23,24);1H. The molecule has 6 nitrogen and oxygen atoms in total. The lowest BCUT2D eigenvalue weighted by molar-refractivity contribution is -0.0164. The Kier molecular flexibility index (Phi) is 9.66. The van der Waals surface area contributed by atoms with Gasteiger partial charge in [-0.05, 0) is 51.8 Å². The highest BCUT2D eigenvalue weighted by Crippen LogP contribution is 2.31. The van der Waals surface area contributed by atoms with E-state index in [0.29, 0.717) is 16.7 Å². The number of nitrogens with one attached hydrogen (secondary N) is 2. The average molecular weight is 544 g/mol. The van der Waals surface area contributed by atoms with Crippen molar-refractivity contribution in [1.82, 2.24) is 20.1 Å². The van der Waals surface area contributed by atoms with Crippen molar-refractivity contribution in [2.24, 2.45) is 12.0 Å². The fraction of sp³-hybridized carbons (Fsp3) is 0.737. The molecule has 0 aromatic carbocycles. The second kappa shape index (κ2) is 11.2. The molecule has 0 spiro atoms. The minimum absolute atomic E-state index is 0. The topological polar surface area (TPSA) is 53.8 Å². The number of rotatable bonds is 6. The van der Waals surface area contributed by atoms with Gasteiger partial charge in [-0.2, -0.15) is 0 Å². The van der Waals surface area contributed by atoms with Crippen LogP contribution in [0.1, 0.15) is 38.3 Å². The molecule has 0 radical (unpaired) electrons. The summed E-state index contributed by atoms with van der Waals surface area (Å²) in [7, 11) is 1.91. The summed E-state index contributed by atoms with van der Waals surface area (Å²) in [5.74, 6) is 0.830. The summed E-state index contributed by atoms with van der Waals surface area (Å²) >= 11 is 12.3. The first kappa shape index (κ1) is 24.1. The molecule has 0 unspecified atom stereocenters. The highest BCUT2D eigenvalue weighted by molar-refractivity contribution is 14.0. The number of aromatic nitrogens is 1. The van der Waals surface area contributed by atoms with E-state index in [1.807, 2.05) is 17.7 Å². The number of likely N-dealkylation sites (tertiary alicyclic amines) is 1. The molecule has 2 N–H and O–H groups in total. The van der Waals surface area contributed by atoms with Gasteiger partial charge in [-0.25, -0.2) is 4.99 Å². The van der Waals surface area contributed by atoms with E-state index in [4.69, 9.17) is 32.9 Å². The molecular formula is C19H32Cl2IN5O. The van der Waals surface area contributed by atoms with Gasteiger partial charge in [0.25, 0.3) is 0 Å². The van der Waals surface area contributed by atoms with E-state index in [1.54, 1.807) is 0 Å². The first-order valence-electron chi connectivity index (χ1n) is 9.90. The van der Waals surface area contributed by atoms with Gasteiger partial charge >= 0.3 is 0 Å². The van der Waals surface area contributed by atoms with Gasteiger partial charge in [-0.3, -0.25) is 4.90 Å². The van der Waals surface area contributed by atoms with Crippen LogP contribution in [0.4, 0.5) is 0 Å². The molecule has 28 heavy (non-hydrogen) atoms. The van der Waals surface area contributed by atoms with E-state index in [0.717, 1.165) is 50.8 Å². The fourth-order valence-electron chi connectivity index (χ4n) is 4.04. The van der Waals surface area contributed by atoms with Crippen molar-refractivity contribution in [2.75, 3.05) is 39.4 Å². The van der Waals surface area contributed by atoms with Gasteiger partial charge in [0.2, 0.25) is 0 Å². The molecule has 0 aliphatic carbocycles. The molecular weight excluding hydrogens is 512 g/mol. The summed E-state index contributed by atoms with van der Waals surface area (Å²) in [6.07, 6.45) is 4.74. The maximum Gasteiger partial charge on any atom is 0.191 e. The van der Waals surface area contributed by atoms with Crippen LogP contribution in [0.2, 0.25) is 10.2 Å². The fourth-order valence-corrected chi connectivity index (χ4v) is 4.45. The van der Waals surface area contributed by atoms with Crippen molar-refractivity contribution in [3.8, 4) is 0 Å². The van der Waals surface area contributed by atoms with Gasteiger partial charge in [0.1, 0.15) is 5.15 Å². The number of hydrogen-bond acceptors (Lipinski definition) is 3. The monoisotopic (exact) mass is 543 g/mol.